The van der Waals surface area contributed by atoms with E-state index in [0.29, 0.717) is 12.4 Å². The van der Waals surface area contributed by atoms with Crippen LogP contribution in [0.5, 0.6) is 5.88 Å². The third-order valence-electron chi connectivity index (χ3n) is 6.40. The Morgan fingerprint density at radius 1 is 1.09 bits per heavy atom. The zero-order valence-corrected chi connectivity index (χ0v) is 18.2. The van der Waals surface area contributed by atoms with Crippen LogP contribution in [0, 0.1) is 5.92 Å². The van der Waals surface area contributed by atoms with Crippen LogP contribution in [-0.4, -0.2) is 72.0 Å². The maximum atomic E-state index is 11.0. The van der Waals surface area contributed by atoms with Crippen LogP contribution in [0.15, 0.2) is 36.5 Å². The van der Waals surface area contributed by atoms with Gasteiger partial charge >= 0.3 is 0 Å². The Bertz CT molecular complexity index is 1060. The zero-order chi connectivity index (χ0) is 21.9. The number of anilines is 2. The van der Waals surface area contributed by atoms with Crippen molar-refractivity contribution in [1.29, 1.82) is 0 Å². The van der Waals surface area contributed by atoms with Crippen molar-refractivity contribution >= 4 is 22.4 Å². The number of fused-ring (bicyclic) bond motifs is 1. The van der Waals surface area contributed by atoms with Gasteiger partial charge in [-0.25, -0.2) is 4.98 Å². The van der Waals surface area contributed by atoms with Crippen molar-refractivity contribution in [2.45, 2.75) is 18.9 Å². The summed E-state index contributed by atoms with van der Waals surface area (Å²) in [5.41, 5.74) is 2.77. The molecule has 9 heteroatoms. The Balaban J connectivity index is 1.36. The van der Waals surface area contributed by atoms with Crippen LogP contribution in [0.2, 0.25) is 0 Å². The Labute approximate surface area is 187 Å². The molecule has 2 aromatic heterocycles. The topological polar surface area (TPSA) is 96.7 Å². The lowest BCUT2D eigenvalue weighted by molar-refractivity contribution is 0.0976. The quantitative estimate of drug-likeness (QED) is 0.646. The van der Waals surface area contributed by atoms with Gasteiger partial charge in [0.15, 0.2) is 5.82 Å². The minimum Gasteiger partial charge on any atom is -0.481 e. The maximum Gasteiger partial charge on any atom is 0.212 e. The average molecular weight is 437 g/mol. The minimum absolute atomic E-state index is 0.0802. The number of morpholine rings is 1. The van der Waals surface area contributed by atoms with E-state index in [0.717, 1.165) is 73.7 Å². The molecular formula is C23H28N6O3. The summed E-state index contributed by atoms with van der Waals surface area (Å²) in [6.45, 7) is 4.82. The minimum atomic E-state index is -0.592. The van der Waals surface area contributed by atoms with Crippen molar-refractivity contribution in [1.82, 2.24) is 20.4 Å². The highest BCUT2D eigenvalue weighted by Crippen LogP contribution is 2.34. The van der Waals surface area contributed by atoms with E-state index in [1.165, 1.54) is 0 Å². The number of hydrogen-bond donors (Lipinski definition) is 1. The van der Waals surface area contributed by atoms with Crippen LogP contribution in [-0.2, 0) is 4.74 Å². The number of piperidine rings is 1. The van der Waals surface area contributed by atoms with Crippen LogP contribution in [0.25, 0.3) is 10.9 Å². The molecule has 2 aliphatic rings. The van der Waals surface area contributed by atoms with Gasteiger partial charge in [0, 0.05) is 55.4 Å². The van der Waals surface area contributed by atoms with E-state index in [1.54, 1.807) is 19.4 Å². The van der Waals surface area contributed by atoms with Gasteiger partial charge in [-0.3, -0.25) is 0 Å². The highest BCUT2D eigenvalue weighted by atomic mass is 16.5. The highest BCUT2D eigenvalue weighted by molar-refractivity contribution is 5.91. The molecule has 2 atom stereocenters. The summed E-state index contributed by atoms with van der Waals surface area (Å²) in [4.78, 5) is 8.77. The van der Waals surface area contributed by atoms with Crippen LogP contribution < -0.4 is 14.5 Å². The van der Waals surface area contributed by atoms with Crippen molar-refractivity contribution in [3.05, 3.63) is 42.1 Å². The molecule has 2 saturated heterocycles. The van der Waals surface area contributed by atoms with Gasteiger partial charge in [-0.05, 0) is 47.9 Å². The molecule has 9 nitrogen and oxygen atoms in total. The fourth-order valence-electron chi connectivity index (χ4n) is 4.63. The number of benzene rings is 1. The third-order valence-corrected chi connectivity index (χ3v) is 6.40. The lowest BCUT2D eigenvalue weighted by Gasteiger charge is -2.36. The van der Waals surface area contributed by atoms with E-state index in [9.17, 15) is 5.11 Å². The normalized spacial score (nSPS) is 20.4. The second-order valence-electron chi connectivity index (χ2n) is 8.34. The van der Waals surface area contributed by atoms with E-state index in [4.69, 9.17) is 9.47 Å². The van der Waals surface area contributed by atoms with Crippen LogP contribution >= 0.6 is 0 Å². The summed E-state index contributed by atoms with van der Waals surface area (Å²) in [5, 5.41) is 24.7. The summed E-state index contributed by atoms with van der Waals surface area (Å²) >= 11 is 0. The van der Waals surface area contributed by atoms with Crippen molar-refractivity contribution < 1.29 is 14.6 Å². The van der Waals surface area contributed by atoms with Gasteiger partial charge in [0.25, 0.3) is 0 Å². The molecular weight excluding hydrogens is 408 g/mol. The third kappa shape index (κ3) is 4.18. The lowest BCUT2D eigenvalue weighted by Crippen LogP contribution is -2.38. The summed E-state index contributed by atoms with van der Waals surface area (Å²) in [6.07, 6.45) is 3.02. The predicted octanol–water partition coefficient (Wildman–Crippen LogP) is 2.21. The molecule has 4 heterocycles. The molecule has 2 aliphatic heterocycles. The van der Waals surface area contributed by atoms with Gasteiger partial charge in [-0.15, -0.1) is 10.2 Å². The molecule has 0 aliphatic carbocycles. The zero-order valence-electron chi connectivity index (χ0n) is 18.2. The van der Waals surface area contributed by atoms with E-state index in [-0.39, 0.29) is 5.92 Å². The second-order valence-corrected chi connectivity index (χ2v) is 8.34. The van der Waals surface area contributed by atoms with Gasteiger partial charge in [0.2, 0.25) is 5.88 Å². The number of aliphatic hydroxyl groups excluding tert-OH is 1. The Hall–Kier alpha value is -3.04. The summed E-state index contributed by atoms with van der Waals surface area (Å²) in [7, 11) is 1.58. The number of pyridine rings is 1. The molecule has 3 aromatic rings. The standard InChI is InChI=1S/C23H28N6O3/c1-31-21-7-4-16(14-24-21)22(30)17-3-2-8-29(15-17)23-19-6-5-18(13-20(19)25-27-26-23)28-9-11-32-12-10-28/h4-7,13-14,17,22,30H,2-3,8-12,15H2,1H3. The first-order chi connectivity index (χ1) is 15.7. The number of aromatic nitrogens is 4. The monoisotopic (exact) mass is 436 g/mol. The van der Waals surface area contributed by atoms with Crippen LogP contribution in [0.3, 0.4) is 0 Å². The molecule has 0 bridgehead atoms. The first-order valence-corrected chi connectivity index (χ1v) is 11.1. The molecule has 0 amide bonds. The molecule has 32 heavy (non-hydrogen) atoms. The van der Waals surface area contributed by atoms with Gasteiger partial charge in [-0.2, -0.15) is 0 Å². The molecule has 0 spiro atoms. The van der Waals surface area contributed by atoms with E-state index in [2.05, 4.69) is 48.4 Å². The summed E-state index contributed by atoms with van der Waals surface area (Å²) in [6, 6.07) is 9.96. The fraction of sp³-hybridized carbons (Fsp3) is 0.478. The summed E-state index contributed by atoms with van der Waals surface area (Å²) in [5.74, 6) is 1.45. The lowest BCUT2D eigenvalue weighted by atomic mass is 9.89. The first-order valence-electron chi connectivity index (χ1n) is 11.1. The average Bonchev–Trinajstić information content (AvgIpc) is 2.88. The smallest absolute Gasteiger partial charge is 0.212 e. The maximum absolute atomic E-state index is 11.0. The van der Waals surface area contributed by atoms with E-state index >= 15 is 0 Å². The van der Waals surface area contributed by atoms with Gasteiger partial charge in [0.05, 0.1) is 26.4 Å². The number of aliphatic hydroxyl groups is 1. The van der Waals surface area contributed by atoms with Crippen LogP contribution in [0.1, 0.15) is 24.5 Å². The highest BCUT2D eigenvalue weighted by Gasteiger charge is 2.29. The predicted molar refractivity (Wildman–Crippen MR) is 121 cm³/mol. The van der Waals surface area contributed by atoms with E-state index in [1.807, 2.05) is 6.07 Å². The van der Waals surface area contributed by atoms with Crippen molar-refractivity contribution in [3.63, 3.8) is 0 Å². The molecule has 2 unspecified atom stereocenters. The Kier molecular flexibility index (Phi) is 6.00. The fourth-order valence-corrected chi connectivity index (χ4v) is 4.63. The largest absolute Gasteiger partial charge is 0.481 e. The number of ether oxygens (including phenoxy) is 2. The number of hydrogen-bond acceptors (Lipinski definition) is 9. The van der Waals surface area contributed by atoms with Gasteiger partial charge < -0.3 is 24.4 Å². The molecule has 1 N–H and O–H groups in total. The number of nitrogens with zero attached hydrogens (tertiary/aromatic N) is 6. The Morgan fingerprint density at radius 3 is 2.75 bits per heavy atom. The summed E-state index contributed by atoms with van der Waals surface area (Å²) < 4.78 is 10.6. The molecule has 0 saturated carbocycles. The van der Waals surface area contributed by atoms with Crippen molar-refractivity contribution in [3.8, 4) is 5.88 Å². The number of methoxy groups -OCH3 is 1. The SMILES string of the molecule is COc1ccc(C(O)C2CCCN(c3nnnc4cc(N5CCOCC5)ccc34)C2)cn1. The molecule has 1 aromatic carbocycles. The Morgan fingerprint density at radius 2 is 1.97 bits per heavy atom. The van der Waals surface area contributed by atoms with Gasteiger partial charge in [0.1, 0.15) is 5.52 Å². The first kappa shape index (κ1) is 20.8. The van der Waals surface area contributed by atoms with Crippen LogP contribution in [0.4, 0.5) is 11.5 Å². The second kappa shape index (κ2) is 9.22. The molecule has 2 fully saturated rings. The molecule has 5 rings (SSSR count). The number of rotatable bonds is 5. The molecule has 0 radical (unpaired) electrons. The van der Waals surface area contributed by atoms with Gasteiger partial charge in [-0.1, -0.05) is 0 Å². The van der Waals surface area contributed by atoms with Crippen molar-refractivity contribution in [2.75, 3.05) is 56.3 Å². The molecule has 168 valence electrons. The van der Waals surface area contributed by atoms with E-state index < -0.39 is 6.10 Å². The van der Waals surface area contributed by atoms with Crippen molar-refractivity contribution in [2.24, 2.45) is 5.92 Å².